The SMILES string of the molecule is CC(=O)N1CC(NC2=CC(C3C=C(C#N)C(C(F)(F)F)=CC3)CC3=CN=C32)C1. The van der Waals surface area contributed by atoms with Crippen molar-refractivity contribution in [3.8, 4) is 6.07 Å². The lowest BCUT2D eigenvalue weighted by Crippen LogP contribution is -2.59. The molecule has 2 heterocycles. The molecule has 0 aromatic rings. The Morgan fingerprint density at radius 2 is 2.07 bits per heavy atom. The van der Waals surface area contributed by atoms with E-state index in [4.69, 9.17) is 0 Å². The summed E-state index contributed by atoms with van der Waals surface area (Å²) in [4.78, 5) is 17.4. The molecule has 2 atom stereocenters. The molecule has 2 aliphatic heterocycles. The van der Waals surface area contributed by atoms with Gasteiger partial charge in [-0.25, -0.2) is 0 Å². The molecule has 2 unspecified atom stereocenters. The van der Waals surface area contributed by atoms with Gasteiger partial charge in [0, 0.05) is 26.2 Å². The number of nitrogens with one attached hydrogen (secondary N) is 1. The highest BCUT2D eigenvalue weighted by molar-refractivity contribution is 6.16. The molecule has 0 bridgehead atoms. The first kappa shape index (κ1) is 18.5. The summed E-state index contributed by atoms with van der Waals surface area (Å²) in [5.74, 6) is -0.138. The summed E-state index contributed by atoms with van der Waals surface area (Å²) in [5.41, 5.74) is 1.71. The molecule has 0 aromatic heterocycles. The molecule has 1 N–H and O–H groups in total. The zero-order chi connectivity index (χ0) is 20.1. The van der Waals surface area contributed by atoms with Crippen LogP contribution in [0.3, 0.4) is 0 Å². The van der Waals surface area contributed by atoms with E-state index in [0.29, 0.717) is 19.5 Å². The van der Waals surface area contributed by atoms with Crippen molar-refractivity contribution in [3.05, 3.63) is 46.8 Å². The molecule has 1 amide bonds. The van der Waals surface area contributed by atoms with E-state index < -0.39 is 11.7 Å². The Hall–Kier alpha value is -2.82. The van der Waals surface area contributed by atoms with Gasteiger partial charge in [0.05, 0.1) is 34.7 Å². The zero-order valence-corrected chi connectivity index (χ0v) is 15.3. The van der Waals surface area contributed by atoms with Crippen LogP contribution in [0.5, 0.6) is 0 Å². The van der Waals surface area contributed by atoms with E-state index in [1.807, 2.05) is 6.08 Å². The second-order valence-corrected chi connectivity index (χ2v) is 7.55. The van der Waals surface area contributed by atoms with Crippen LogP contribution in [0.4, 0.5) is 13.2 Å². The molecule has 1 saturated heterocycles. The summed E-state index contributed by atoms with van der Waals surface area (Å²) < 4.78 is 39.2. The molecule has 146 valence electrons. The van der Waals surface area contributed by atoms with Crippen LogP contribution in [0, 0.1) is 23.2 Å². The van der Waals surface area contributed by atoms with Gasteiger partial charge in [-0.2, -0.15) is 18.4 Å². The van der Waals surface area contributed by atoms with E-state index in [0.717, 1.165) is 23.1 Å². The lowest BCUT2D eigenvalue weighted by Gasteiger charge is -2.42. The van der Waals surface area contributed by atoms with Crippen molar-refractivity contribution in [2.75, 3.05) is 13.1 Å². The molecule has 4 aliphatic rings. The van der Waals surface area contributed by atoms with Crippen LogP contribution < -0.4 is 5.32 Å². The van der Waals surface area contributed by atoms with Gasteiger partial charge in [-0.15, -0.1) is 0 Å². The third-order valence-electron chi connectivity index (χ3n) is 5.67. The van der Waals surface area contributed by atoms with Crippen LogP contribution in [0.15, 0.2) is 51.8 Å². The van der Waals surface area contributed by atoms with E-state index >= 15 is 0 Å². The van der Waals surface area contributed by atoms with Crippen molar-refractivity contribution in [1.82, 2.24) is 10.2 Å². The molecule has 28 heavy (non-hydrogen) atoms. The average Bonchev–Trinajstić information content (AvgIpc) is 2.57. The Morgan fingerprint density at radius 1 is 1.32 bits per heavy atom. The highest BCUT2D eigenvalue weighted by atomic mass is 19.4. The number of halogens is 3. The van der Waals surface area contributed by atoms with E-state index in [1.54, 1.807) is 17.2 Å². The van der Waals surface area contributed by atoms with Crippen molar-refractivity contribution in [3.63, 3.8) is 0 Å². The standard InChI is InChI=1S/C20H19F3N4O/c1-11(28)27-9-16(10-27)26-18-6-13(5-15-8-25-19(15)18)12-2-3-17(20(21,22)23)14(4-12)7-24/h3-4,6,8,12-13,16,26H,2,5,9-10H2,1H3. The minimum absolute atomic E-state index is 0.00799. The van der Waals surface area contributed by atoms with Gasteiger partial charge >= 0.3 is 6.18 Å². The number of rotatable bonds is 3. The predicted octanol–water partition coefficient (Wildman–Crippen LogP) is 3.01. The number of hydrogen-bond donors (Lipinski definition) is 1. The maximum atomic E-state index is 13.1. The van der Waals surface area contributed by atoms with E-state index in [2.05, 4.69) is 10.3 Å². The van der Waals surface area contributed by atoms with Crippen molar-refractivity contribution in [2.45, 2.75) is 32.0 Å². The fourth-order valence-electron chi connectivity index (χ4n) is 4.06. The van der Waals surface area contributed by atoms with Crippen molar-refractivity contribution in [1.29, 1.82) is 5.26 Å². The highest BCUT2D eigenvalue weighted by Crippen LogP contribution is 2.41. The number of carbonyl (C=O) groups excluding carboxylic acids is 1. The van der Waals surface area contributed by atoms with Gasteiger partial charge in [-0.05, 0) is 30.3 Å². The Labute approximate surface area is 160 Å². The van der Waals surface area contributed by atoms with Crippen molar-refractivity contribution >= 4 is 11.6 Å². The third kappa shape index (κ3) is 3.26. The Kier molecular flexibility index (Phi) is 4.41. The van der Waals surface area contributed by atoms with Gasteiger partial charge in [0.1, 0.15) is 0 Å². The molecule has 0 radical (unpaired) electrons. The molecule has 1 fully saturated rings. The molecule has 0 saturated carbocycles. The largest absolute Gasteiger partial charge is 0.417 e. The van der Waals surface area contributed by atoms with Gasteiger partial charge < -0.3 is 10.2 Å². The van der Waals surface area contributed by atoms with Gasteiger partial charge in [-0.1, -0.05) is 18.2 Å². The van der Waals surface area contributed by atoms with Crippen molar-refractivity contribution < 1.29 is 18.0 Å². The number of amides is 1. The van der Waals surface area contributed by atoms with E-state index in [1.165, 1.54) is 13.0 Å². The summed E-state index contributed by atoms with van der Waals surface area (Å²) in [7, 11) is 0. The first-order chi connectivity index (χ1) is 13.3. The summed E-state index contributed by atoms with van der Waals surface area (Å²) in [6.07, 6.45) is 2.84. The monoisotopic (exact) mass is 388 g/mol. The fraction of sp³-hybridized carbons (Fsp3) is 0.450. The van der Waals surface area contributed by atoms with Crippen LogP contribution >= 0.6 is 0 Å². The van der Waals surface area contributed by atoms with E-state index in [9.17, 15) is 23.2 Å². The molecule has 4 rings (SSSR count). The number of carbonyl (C=O) groups is 1. The lowest BCUT2D eigenvalue weighted by molar-refractivity contribution is -0.133. The Balaban J connectivity index is 1.50. The molecular weight excluding hydrogens is 369 g/mol. The normalized spacial score (nSPS) is 27.0. The predicted molar refractivity (Wildman–Crippen MR) is 96.8 cm³/mol. The maximum absolute atomic E-state index is 13.1. The molecule has 2 aliphatic carbocycles. The maximum Gasteiger partial charge on any atom is 0.417 e. The first-order valence-corrected chi connectivity index (χ1v) is 9.17. The molecule has 0 aromatic carbocycles. The van der Waals surface area contributed by atoms with Crippen LogP contribution in [-0.4, -0.2) is 41.8 Å². The Morgan fingerprint density at radius 3 is 2.64 bits per heavy atom. The quantitative estimate of drug-likeness (QED) is 0.808. The molecule has 8 heteroatoms. The third-order valence-corrected chi connectivity index (χ3v) is 5.67. The molecule has 0 spiro atoms. The van der Waals surface area contributed by atoms with Gasteiger partial charge in [0.25, 0.3) is 0 Å². The van der Waals surface area contributed by atoms with Crippen molar-refractivity contribution in [2.24, 2.45) is 16.8 Å². The summed E-state index contributed by atoms with van der Waals surface area (Å²) in [6.45, 7) is 2.79. The van der Waals surface area contributed by atoms with Crippen LogP contribution in [0.2, 0.25) is 0 Å². The average molecular weight is 388 g/mol. The number of aliphatic imine (C=N–C) groups is 1. The number of nitrogens with zero attached hydrogens (tertiary/aromatic N) is 3. The second-order valence-electron chi connectivity index (χ2n) is 7.55. The first-order valence-electron chi connectivity index (χ1n) is 9.17. The number of nitriles is 1. The van der Waals surface area contributed by atoms with Gasteiger partial charge in [0.15, 0.2) is 0 Å². The minimum atomic E-state index is -4.51. The van der Waals surface area contributed by atoms with Crippen LogP contribution in [-0.2, 0) is 4.79 Å². The highest BCUT2D eigenvalue weighted by Gasteiger charge is 2.40. The number of allylic oxidation sites excluding steroid dienone is 6. The minimum Gasteiger partial charge on any atom is -0.377 e. The van der Waals surface area contributed by atoms with Gasteiger partial charge in [0.2, 0.25) is 5.91 Å². The summed E-state index contributed by atoms with van der Waals surface area (Å²) >= 11 is 0. The number of likely N-dealkylation sites (tertiary alicyclic amines) is 1. The smallest absolute Gasteiger partial charge is 0.377 e. The Bertz CT molecular complexity index is 911. The molecular formula is C20H19F3N4O. The number of alkyl halides is 3. The lowest BCUT2D eigenvalue weighted by atomic mass is 9.75. The molecule has 5 nitrogen and oxygen atoms in total. The topological polar surface area (TPSA) is 68.5 Å². The van der Waals surface area contributed by atoms with E-state index in [-0.39, 0.29) is 35.8 Å². The van der Waals surface area contributed by atoms with Gasteiger partial charge in [-0.3, -0.25) is 9.79 Å². The van der Waals surface area contributed by atoms with Crippen LogP contribution in [0.1, 0.15) is 19.8 Å². The summed E-state index contributed by atoms with van der Waals surface area (Å²) in [5, 5.41) is 12.6. The summed E-state index contributed by atoms with van der Waals surface area (Å²) in [6, 6.07) is 1.85. The number of fused-ring (bicyclic) bond motifs is 1. The van der Waals surface area contributed by atoms with Crippen LogP contribution in [0.25, 0.3) is 0 Å². The fourth-order valence-corrected chi connectivity index (χ4v) is 4.06. The zero-order valence-electron chi connectivity index (χ0n) is 15.3. The second kappa shape index (κ2) is 6.66. The number of hydrogen-bond acceptors (Lipinski definition) is 4.